The lowest BCUT2D eigenvalue weighted by molar-refractivity contribution is -0.139. The van der Waals surface area contributed by atoms with Crippen LogP contribution in [0, 0.1) is 6.92 Å². The Morgan fingerprint density at radius 1 is 1.24 bits per heavy atom. The number of carbonyl (C=O) groups is 1. The second-order valence-corrected chi connectivity index (χ2v) is 8.96. The molecule has 0 atom stereocenters. The number of benzene rings is 1. The standard InChI is InChI=1S/C23H21F3N6O2/c1-12-15-6-4-10-32(15)30-18(12)28-21-27-11-14(23(24,25)26)19(29-21)34-16-7-3-5-13-17(16)20(33)31(2)22(13)8-9-22/h3,5,7,11H,4,6,8-10H2,1-2H3,(H,27,28,29,30). The first-order valence-corrected chi connectivity index (χ1v) is 11.1. The lowest BCUT2D eigenvalue weighted by Crippen LogP contribution is -2.28. The Morgan fingerprint density at radius 2 is 2.03 bits per heavy atom. The summed E-state index contributed by atoms with van der Waals surface area (Å²) in [6.45, 7) is 2.69. The number of ether oxygens (including phenoxy) is 1. The molecular weight excluding hydrogens is 449 g/mol. The summed E-state index contributed by atoms with van der Waals surface area (Å²) in [5.41, 5.74) is 1.55. The molecule has 1 aromatic carbocycles. The molecule has 0 unspecified atom stereocenters. The molecule has 1 saturated carbocycles. The second-order valence-electron chi connectivity index (χ2n) is 8.96. The van der Waals surface area contributed by atoms with Crippen LogP contribution in [0.3, 0.4) is 0 Å². The molecule has 2 aromatic heterocycles. The number of alkyl halides is 3. The van der Waals surface area contributed by atoms with Crippen molar-refractivity contribution in [2.75, 3.05) is 12.4 Å². The number of amides is 1. The van der Waals surface area contributed by atoms with Crippen molar-refractivity contribution in [1.82, 2.24) is 24.6 Å². The smallest absolute Gasteiger partial charge is 0.423 e. The third-order valence-corrected chi connectivity index (χ3v) is 7.01. The average Bonchev–Trinajstić information content (AvgIpc) is 3.31. The van der Waals surface area contributed by atoms with Crippen LogP contribution in [0.5, 0.6) is 11.6 Å². The van der Waals surface area contributed by atoms with E-state index in [-0.39, 0.29) is 28.7 Å². The van der Waals surface area contributed by atoms with Gasteiger partial charge in [-0.05, 0) is 44.2 Å². The van der Waals surface area contributed by atoms with Gasteiger partial charge in [0, 0.05) is 31.0 Å². The fourth-order valence-corrected chi connectivity index (χ4v) is 5.00. The molecule has 11 heteroatoms. The van der Waals surface area contributed by atoms with Gasteiger partial charge in [0.1, 0.15) is 11.3 Å². The number of fused-ring (bicyclic) bond motifs is 3. The van der Waals surface area contributed by atoms with Crippen molar-refractivity contribution in [3.05, 3.63) is 52.3 Å². The molecular formula is C23H21F3N6O2. The van der Waals surface area contributed by atoms with Gasteiger partial charge in [-0.25, -0.2) is 4.98 Å². The minimum absolute atomic E-state index is 0.0467. The van der Waals surface area contributed by atoms with Gasteiger partial charge in [0.05, 0.1) is 11.1 Å². The third-order valence-electron chi connectivity index (χ3n) is 7.01. The lowest BCUT2D eigenvalue weighted by Gasteiger charge is -2.18. The monoisotopic (exact) mass is 470 g/mol. The number of hydrogen-bond donors (Lipinski definition) is 1. The van der Waals surface area contributed by atoms with Crippen LogP contribution >= 0.6 is 0 Å². The highest BCUT2D eigenvalue weighted by Crippen LogP contribution is 2.57. The van der Waals surface area contributed by atoms with E-state index in [1.54, 1.807) is 18.0 Å². The van der Waals surface area contributed by atoms with Crippen LogP contribution < -0.4 is 10.1 Å². The Kier molecular flexibility index (Phi) is 4.27. The predicted molar refractivity (Wildman–Crippen MR) is 115 cm³/mol. The lowest BCUT2D eigenvalue weighted by atomic mass is 10.0. The number of halogens is 3. The summed E-state index contributed by atoms with van der Waals surface area (Å²) in [7, 11) is 1.71. The normalized spacial score (nSPS) is 17.8. The van der Waals surface area contributed by atoms with E-state index in [0.717, 1.165) is 49.0 Å². The summed E-state index contributed by atoms with van der Waals surface area (Å²) in [4.78, 5) is 22.5. The highest BCUT2D eigenvalue weighted by atomic mass is 19.4. The summed E-state index contributed by atoms with van der Waals surface area (Å²) in [5, 5.41) is 7.39. The molecule has 0 saturated heterocycles. The molecule has 176 valence electrons. The first kappa shape index (κ1) is 20.9. The van der Waals surface area contributed by atoms with Crippen LogP contribution in [0.2, 0.25) is 0 Å². The van der Waals surface area contributed by atoms with Crippen LogP contribution in [0.15, 0.2) is 24.4 Å². The summed E-state index contributed by atoms with van der Waals surface area (Å²) < 4.78 is 48.9. The number of rotatable bonds is 4. The van der Waals surface area contributed by atoms with Crippen LogP contribution in [-0.4, -0.2) is 37.6 Å². The number of nitrogens with one attached hydrogen (secondary N) is 1. The van der Waals surface area contributed by atoms with Crippen molar-refractivity contribution >= 4 is 17.7 Å². The average molecular weight is 470 g/mol. The molecule has 0 radical (unpaired) electrons. The Bertz CT molecular complexity index is 1350. The van der Waals surface area contributed by atoms with E-state index < -0.39 is 17.6 Å². The molecule has 1 spiro atoms. The topological polar surface area (TPSA) is 85.2 Å². The van der Waals surface area contributed by atoms with Gasteiger partial charge in [-0.15, -0.1) is 0 Å². The SMILES string of the molecule is Cc1c(Nc2ncc(C(F)(F)F)c(Oc3cccc4c3C(=O)N(C)C43CC3)n2)nn2c1CCC2. The van der Waals surface area contributed by atoms with Crippen LogP contribution in [0.25, 0.3) is 0 Å². The van der Waals surface area contributed by atoms with E-state index in [4.69, 9.17) is 4.74 Å². The third kappa shape index (κ3) is 2.99. The van der Waals surface area contributed by atoms with Gasteiger partial charge in [-0.2, -0.15) is 23.3 Å². The van der Waals surface area contributed by atoms with E-state index in [2.05, 4.69) is 20.4 Å². The number of aryl methyl sites for hydroxylation is 1. The Labute approximate surface area is 192 Å². The van der Waals surface area contributed by atoms with Crippen LogP contribution in [0.1, 0.15) is 52.0 Å². The van der Waals surface area contributed by atoms with E-state index in [1.807, 2.05) is 17.7 Å². The van der Waals surface area contributed by atoms with Gasteiger partial charge < -0.3 is 15.0 Å². The molecule has 34 heavy (non-hydrogen) atoms. The molecule has 6 rings (SSSR count). The number of nitrogens with zero attached hydrogens (tertiary/aromatic N) is 5. The van der Waals surface area contributed by atoms with E-state index in [9.17, 15) is 18.0 Å². The van der Waals surface area contributed by atoms with E-state index in [1.165, 1.54) is 6.07 Å². The van der Waals surface area contributed by atoms with Crippen molar-refractivity contribution in [3.8, 4) is 11.6 Å². The Balaban J connectivity index is 1.39. The summed E-state index contributed by atoms with van der Waals surface area (Å²) in [6.07, 6.45) is -0.524. The predicted octanol–water partition coefficient (Wildman–Crippen LogP) is 4.56. The number of anilines is 2. The van der Waals surface area contributed by atoms with Gasteiger partial charge in [-0.1, -0.05) is 12.1 Å². The van der Waals surface area contributed by atoms with E-state index >= 15 is 0 Å². The van der Waals surface area contributed by atoms with Gasteiger partial charge >= 0.3 is 6.18 Å². The summed E-state index contributed by atoms with van der Waals surface area (Å²) in [6, 6.07) is 5.00. The summed E-state index contributed by atoms with van der Waals surface area (Å²) in [5.74, 6) is -0.473. The van der Waals surface area contributed by atoms with Crippen molar-refractivity contribution < 1.29 is 22.7 Å². The van der Waals surface area contributed by atoms with Crippen LogP contribution in [0.4, 0.5) is 24.9 Å². The zero-order valence-corrected chi connectivity index (χ0v) is 18.5. The molecule has 1 fully saturated rings. The maximum atomic E-state index is 13.8. The quantitative estimate of drug-likeness (QED) is 0.602. The van der Waals surface area contributed by atoms with Crippen molar-refractivity contribution in [3.63, 3.8) is 0 Å². The van der Waals surface area contributed by atoms with Crippen molar-refractivity contribution in [1.29, 1.82) is 0 Å². The zero-order valence-electron chi connectivity index (χ0n) is 18.5. The molecule has 3 aromatic rings. The van der Waals surface area contributed by atoms with Gasteiger partial charge in [0.25, 0.3) is 5.91 Å². The van der Waals surface area contributed by atoms with Gasteiger partial charge in [0.2, 0.25) is 11.8 Å². The maximum Gasteiger partial charge on any atom is 0.423 e. The first-order chi connectivity index (χ1) is 16.2. The highest BCUT2D eigenvalue weighted by molar-refractivity contribution is 6.03. The molecule has 0 bridgehead atoms. The zero-order chi connectivity index (χ0) is 23.8. The largest absolute Gasteiger partial charge is 0.437 e. The Hall–Kier alpha value is -3.63. The fourth-order valence-electron chi connectivity index (χ4n) is 5.00. The van der Waals surface area contributed by atoms with E-state index in [0.29, 0.717) is 12.0 Å². The van der Waals surface area contributed by atoms with Crippen molar-refractivity contribution in [2.24, 2.45) is 0 Å². The highest BCUT2D eigenvalue weighted by Gasteiger charge is 2.57. The summed E-state index contributed by atoms with van der Waals surface area (Å²) >= 11 is 0. The molecule has 4 heterocycles. The van der Waals surface area contributed by atoms with Crippen LogP contribution in [-0.2, 0) is 24.7 Å². The molecule has 8 nitrogen and oxygen atoms in total. The minimum Gasteiger partial charge on any atom is -0.437 e. The number of carbonyl (C=O) groups excluding carboxylic acids is 1. The maximum absolute atomic E-state index is 13.8. The van der Waals surface area contributed by atoms with Gasteiger partial charge in [-0.3, -0.25) is 9.48 Å². The molecule has 2 aliphatic heterocycles. The minimum atomic E-state index is -4.74. The molecule has 1 N–H and O–H groups in total. The second kappa shape index (κ2) is 6.94. The van der Waals surface area contributed by atoms with Crippen molar-refractivity contribution in [2.45, 2.75) is 50.9 Å². The fraction of sp³-hybridized carbons (Fsp3) is 0.391. The molecule has 3 aliphatic rings. The number of hydrogen-bond acceptors (Lipinski definition) is 6. The molecule has 1 amide bonds. The first-order valence-electron chi connectivity index (χ1n) is 11.1. The molecule has 1 aliphatic carbocycles. The Morgan fingerprint density at radius 3 is 2.74 bits per heavy atom. The van der Waals surface area contributed by atoms with Gasteiger partial charge in [0.15, 0.2) is 5.82 Å². The number of aromatic nitrogens is 4.